The first-order valence-corrected chi connectivity index (χ1v) is 9.73. The first-order valence-electron chi connectivity index (χ1n) is 7.99. The normalized spacial score (nSPS) is 15.4. The molecule has 0 amide bonds. The maximum Gasteiger partial charge on any atom is 0.232 e. The maximum atomic E-state index is 5.26. The van der Waals surface area contributed by atoms with Gasteiger partial charge in [-0.25, -0.2) is 4.98 Å². The van der Waals surface area contributed by atoms with Crippen molar-refractivity contribution in [1.82, 2.24) is 20.2 Å². The molecule has 25 heavy (non-hydrogen) atoms. The van der Waals surface area contributed by atoms with Gasteiger partial charge in [-0.1, -0.05) is 0 Å². The summed E-state index contributed by atoms with van der Waals surface area (Å²) < 4.78 is 6.02. The van der Waals surface area contributed by atoms with E-state index in [0.29, 0.717) is 11.8 Å². The number of anilines is 1. The molecule has 134 valence electrons. The average molecular weight is 425 g/mol. The second-order valence-electron chi connectivity index (χ2n) is 5.53. The van der Waals surface area contributed by atoms with E-state index in [4.69, 9.17) is 4.74 Å². The molecule has 0 atom stereocenters. The van der Waals surface area contributed by atoms with Crippen LogP contribution in [0.3, 0.4) is 0 Å². The first kappa shape index (κ1) is 17.9. The van der Waals surface area contributed by atoms with Crippen molar-refractivity contribution in [1.29, 1.82) is 0 Å². The van der Waals surface area contributed by atoms with Crippen LogP contribution in [0.15, 0.2) is 32.5 Å². The molecule has 7 nitrogen and oxygen atoms in total. The number of piperazine rings is 1. The summed E-state index contributed by atoms with van der Waals surface area (Å²) in [6.45, 7) is 4.20. The predicted molar refractivity (Wildman–Crippen MR) is 105 cm³/mol. The van der Waals surface area contributed by atoms with Gasteiger partial charge in [-0.3, -0.25) is 4.99 Å². The van der Waals surface area contributed by atoms with Crippen LogP contribution in [0.4, 0.5) is 5.95 Å². The molecular formula is C16H21BrN6OS. The SMILES string of the molecule is CN=C(NCc1ccsc1)N1CCN(c2ncc(Br)c(OC)n2)CC1. The van der Waals surface area contributed by atoms with Crippen molar-refractivity contribution in [2.24, 2.45) is 4.99 Å². The Balaban J connectivity index is 1.57. The maximum absolute atomic E-state index is 5.26. The van der Waals surface area contributed by atoms with Gasteiger partial charge in [0.15, 0.2) is 5.96 Å². The van der Waals surface area contributed by atoms with Crippen molar-refractivity contribution in [3.8, 4) is 5.88 Å². The van der Waals surface area contributed by atoms with Gasteiger partial charge in [-0.15, -0.1) is 0 Å². The molecule has 0 bridgehead atoms. The number of thiophene rings is 1. The van der Waals surface area contributed by atoms with Crippen molar-refractivity contribution >= 4 is 39.2 Å². The van der Waals surface area contributed by atoms with Crippen LogP contribution >= 0.6 is 27.3 Å². The lowest BCUT2D eigenvalue weighted by Gasteiger charge is -2.36. The van der Waals surface area contributed by atoms with Gasteiger partial charge in [0.05, 0.1) is 17.8 Å². The molecule has 3 heterocycles. The van der Waals surface area contributed by atoms with E-state index >= 15 is 0 Å². The van der Waals surface area contributed by atoms with Crippen LogP contribution in [0.2, 0.25) is 0 Å². The number of hydrogen-bond acceptors (Lipinski definition) is 6. The fraction of sp³-hybridized carbons (Fsp3) is 0.438. The van der Waals surface area contributed by atoms with E-state index in [-0.39, 0.29) is 0 Å². The predicted octanol–water partition coefficient (Wildman–Crippen LogP) is 2.21. The van der Waals surface area contributed by atoms with Crippen molar-refractivity contribution in [2.75, 3.05) is 45.2 Å². The van der Waals surface area contributed by atoms with Crippen LogP contribution in [-0.2, 0) is 6.54 Å². The van der Waals surface area contributed by atoms with Crippen LogP contribution in [-0.4, -0.2) is 61.2 Å². The zero-order valence-electron chi connectivity index (χ0n) is 14.3. The lowest BCUT2D eigenvalue weighted by Crippen LogP contribution is -2.52. The lowest BCUT2D eigenvalue weighted by molar-refractivity contribution is 0.366. The smallest absolute Gasteiger partial charge is 0.232 e. The number of rotatable bonds is 4. The summed E-state index contributed by atoms with van der Waals surface area (Å²) in [5.74, 6) is 2.18. The summed E-state index contributed by atoms with van der Waals surface area (Å²) >= 11 is 5.09. The Morgan fingerprint density at radius 3 is 2.84 bits per heavy atom. The van der Waals surface area contributed by atoms with Crippen LogP contribution < -0.4 is 15.0 Å². The fourth-order valence-corrected chi connectivity index (χ4v) is 3.68. The molecule has 0 saturated carbocycles. The number of ether oxygens (including phenoxy) is 1. The molecule has 2 aromatic heterocycles. The molecule has 9 heteroatoms. The van der Waals surface area contributed by atoms with Crippen molar-refractivity contribution in [3.05, 3.63) is 33.1 Å². The van der Waals surface area contributed by atoms with E-state index in [1.807, 2.05) is 7.05 Å². The third kappa shape index (κ3) is 4.40. The van der Waals surface area contributed by atoms with E-state index < -0.39 is 0 Å². The Morgan fingerprint density at radius 1 is 1.40 bits per heavy atom. The number of methoxy groups -OCH3 is 1. The molecule has 1 N–H and O–H groups in total. The standard InChI is InChI=1S/C16H21BrN6OS/c1-18-15(19-9-12-3-8-25-11-12)22-4-6-23(7-5-22)16-20-10-13(17)14(21-16)24-2/h3,8,10-11H,4-7,9H2,1-2H3,(H,18,19). The van der Waals surface area contributed by atoms with E-state index in [0.717, 1.165) is 43.2 Å². The number of halogens is 1. The quantitative estimate of drug-likeness (QED) is 0.599. The Kier molecular flexibility index (Phi) is 6.09. The minimum Gasteiger partial charge on any atom is -0.480 e. The van der Waals surface area contributed by atoms with Gasteiger partial charge < -0.3 is 19.9 Å². The minimum atomic E-state index is 0.556. The van der Waals surface area contributed by atoms with Crippen LogP contribution in [0.25, 0.3) is 0 Å². The first-order chi connectivity index (χ1) is 12.2. The molecular weight excluding hydrogens is 404 g/mol. The van der Waals surface area contributed by atoms with E-state index in [9.17, 15) is 0 Å². The van der Waals surface area contributed by atoms with Crippen LogP contribution in [0.1, 0.15) is 5.56 Å². The molecule has 1 aliphatic heterocycles. The second-order valence-corrected chi connectivity index (χ2v) is 7.17. The average Bonchev–Trinajstić information content (AvgIpc) is 3.17. The highest BCUT2D eigenvalue weighted by molar-refractivity contribution is 9.10. The molecule has 1 fully saturated rings. The molecule has 1 saturated heterocycles. The Bertz CT molecular complexity index is 715. The Hall–Kier alpha value is -1.87. The molecule has 3 rings (SSSR count). The van der Waals surface area contributed by atoms with Gasteiger partial charge in [-0.2, -0.15) is 16.3 Å². The zero-order chi connectivity index (χ0) is 17.6. The Morgan fingerprint density at radius 2 is 2.20 bits per heavy atom. The number of nitrogens with one attached hydrogen (secondary N) is 1. The highest BCUT2D eigenvalue weighted by atomic mass is 79.9. The highest BCUT2D eigenvalue weighted by Crippen LogP contribution is 2.23. The number of aromatic nitrogens is 2. The largest absolute Gasteiger partial charge is 0.480 e. The van der Waals surface area contributed by atoms with Crippen LogP contribution in [0, 0.1) is 0 Å². The monoisotopic (exact) mass is 424 g/mol. The lowest BCUT2D eigenvalue weighted by atomic mass is 10.3. The van der Waals surface area contributed by atoms with Gasteiger partial charge in [0.25, 0.3) is 0 Å². The summed E-state index contributed by atoms with van der Waals surface area (Å²) in [5, 5.41) is 7.67. The van der Waals surface area contributed by atoms with Gasteiger partial charge in [0.1, 0.15) is 0 Å². The Labute approximate surface area is 159 Å². The number of hydrogen-bond donors (Lipinski definition) is 1. The molecule has 1 aliphatic rings. The van der Waals surface area contributed by atoms with Gasteiger partial charge in [-0.05, 0) is 38.3 Å². The molecule has 0 unspecified atom stereocenters. The van der Waals surface area contributed by atoms with Crippen molar-refractivity contribution in [3.63, 3.8) is 0 Å². The summed E-state index contributed by atoms with van der Waals surface area (Å²) in [4.78, 5) is 17.7. The highest BCUT2D eigenvalue weighted by Gasteiger charge is 2.22. The number of guanidine groups is 1. The molecule has 2 aromatic rings. The molecule has 0 spiro atoms. The summed E-state index contributed by atoms with van der Waals surface area (Å²) in [6, 6.07) is 2.13. The second kappa shape index (κ2) is 8.48. The van der Waals surface area contributed by atoms with Gasteiger partial charge >= 0.3 is 0 Å². The minimum absolute atomic E-state index is 0.556. The number of nitrogens with zero attached hydrogens (tertiary/aromatic N) is 5. The summed E-state index contributed by atoms with van der Waals surface area (Å²) in [6.07, 6.45) is 1.73. The molecule has 0 aliphatic carbocycles. The summed E-state index contributed by atoms with van der Waals surface area (Å²) in [7, 11) is 3.43. The van der Waals surface area contributed by atoms with E-state index in [2.05, 4.69) is 62.8 Å². The zero-order valence-corrected chi connectivity index (χ0v) is 16.7. The van der Waals surface area contributed by atoms with Crippen molar-refractivity contribution < 1.29 is 4.74 Å². The molecule has 0 aromatic carbocycles. The fourth-order valence-electron chi connectivity index (χ4n) is 2.66. The molecule has 0 radical (unpaired) electrons. The third-order valence-corrected chi connectivity index (χ3v) is 5.27. The van der Waals surface area contributed by atoms with Crippen LogP contribution in [0.5, 0.6) is 5.88 Å². The van der Waals surface area contributed by atoms with Gasteiger partial charge in [0.2, 0.25) is 11.8 Å². The van der Waals surface area contributed by atoms with E-state index in [1.54, 1.807) is 24.6 Å². The van der Waals surface area contributed by atoms with Crippen molar-refractivity contribution in [2.45, 2.75) is 6.54 Å². The number of aliphatic imine (C=N–C) groups is 1. The van der Waals surface area contributed by atoms with Gasteiger partial charge in [0, 0.05) is 39.8 Å². The van der Waals surface area contributed by atoms with E-state index in [1.165, 1.54) is 5.56 Å². The summed E-state index contributed by atoms with van der Waals surface area (Å²) in [5.41, 5.74) is 1.28. The third-order valence-electron chi connectivity index (χ3n) is 4.00. The topological polar surface area (TPSA) is 65.9 Å².